The fourth-order valence-corrected chi connectivity index (χ4v) is 1.74. The standard InChI is InChI=1S/C13H15NO2.ClH/c14-12-7-6-11(8-12)13(15)16-9-10-4-2-1-3-5-10;/h1-7,11-12H,8-9,14H2;1H/t11-,12+;/m1./s1. The minimum absolute atomic E-state index is 0. The molecule has 1 aliphatic carbocycles. The third-order valence-corrected chi connectivity index (χ3v) is 2.64. The summed E-state index contributed by atoms with van der Waals surface area (Å²) in [6.45, 7) is 0.333. The van der Waals surface area contributed by atoms with Crippen LogP contribution in [0.1, 0.15) is 12.0 Å². The summed E-state index contributed by atoms with van der Waals surface area (Å²) in [6.07, 6.45) is 4.35. The zero-order chi connectivity index (χ0) is 11.4. The van der Waals surface area contributed by atoms with Crippen molar-refractivity contribution < 1.29 is 9.53 Å². The zero-order valence-electron chi connectivity index (χ0n) is 9.41. The third-order valence-electron chi connectivity index (χ3n) is 2.64. The molecular weight excluding hydrogens is 238 g/mol. The van der Waals surface area contributed by atoms with E-state index in [2.05, 4.69) is 0 Å². The summed E-state index contributed by atoms with van der Waals surface area (Å²) in [6, 6.07) is 9.65. The van der Waals surface area contributed by atoms with Crippen LogP contribution < -0.4 is 5.73 Å². The van der Waals surface area contributed by atoms with Gasteiger partial charge in [-0.1, -0.05) is 42.5 Å². The minimum atomic E-state index is -0.187. The molecule has 0 radical (unpaired) electrons. The molecule has 2 N–H and O–H groups in total. The highest BCUT2D eigenvalue weighted by Gasteiger charge is 2.23. The fraction of sp³-hybridized carbons (Fsp3) is 0.308. The van der Waals surface area contributed by atoms with Crippen LogP contribution in [0.5, 0.6) is 0 Å². The molecule has 0 unspecified atom stereocenters. The van der Waals surface area contributed by atoms with Crippen molar-refractivity contribution in [3.05, 3.63) is 48.0 Å². The van der Waals surface area contributed by atoms with Gasteiger partial charge in [-0.2, -0.15) is 0 Å². The van der Waals surface area contributed by atoms with E-state index in [1.54, 1.807) is 0 Å². The molecule has 0 fully saturated rings. The smallest absolute Gasteiger partial charge is 0.313 e. The van der Waals surface area contributed by atoms with Gasteiger partial charge in [-0.15, -0.1) is 12.4 Å². The number of esters is 1. The van der Waals surface area contributed by atoms with E-state index >= 15 is 0 Å². The topological polar surface area (TPSA) is 52.3 Å². The van der Waals surface area contributed by atoms with Crippen molar-refractivity contribution in [3.63, 3.8) is 0 Å². The number of hydrogen-bond donors (Lipinski definition) is 1. The average Bonchev–Trinajstić information content (AvgIpc) is 2.74. The van der Waals surface area contributed by atoms with Crippen molar-refractivity contribution in [2.75, 3.05) is 0 Å². The number of halogens is 1. The summed E-state index contributed by atoms with van der Waals surface area (Å²) in [5, 5.41) is 0. The van der Waals surface area contributed by atoms with Crippen molar-refractivity contribution in [2.45, 2.75) is 19.1 Å². The van der Waals surface area contributed by atoms with Gasteiger partial charge in [0.15, 0.2) is 0 Å². The first-order chi connectivity index (χ1) is 7.75. The Hall–Kier alpha value is -1.32. The van der Waals surface area contributed by atoms with Crippen LogP contribution in [0, 0.1) is 5.92 Å². The molecule has 2 rings (SSSR count). The Morgan fingerprint density at radius 3 is 2.59 bits per heavy atom. The molecule has 1 aromatic rings. The lowest BCUT2D eigenvalue weighted by molar-refractivity contribution is -0.148. The maximum Gasteiger partial charge on any atom is 0.313 e. The van der Waals surface area contributed by atoms with Crippen LogP contribution in [-0.2, 0) is 16.1 Å². The maximum atomic E-state index is 11.6. The second kappa shape index (κ2) is 6.42. The zero-order valence-corrected chi connectivity index (χ0v) is 10.2. The normalized spacial score (nSPS) is 21.9. The second-order valence-electron chi connectivity index (χ2n) is 3.98. The van der Waals surface area contributed by atoms with Gasteiger partial charge < -0.3 is 10.5 Å². The molecule has 0 saturated heterocycles. The van der Waals surface area contributed by atoms with Gasteiger partial charge in [0.1, 0.15) is 6.61 Å². The SMILES string of the molecule is Cl.N[C@H]1C=C[C@@H](C(=O)OCc2ccccc2)C1. The Labute approximate surface area is 107 Å². The average molecular weight is 254 g/mol. The first kappa shape index (κ1) is 13.7. The number of nitrogens with two attached hydrogens (primary N) is 1. The molecule has 0 amide bonds. The molecule has 0 bridgehead atoms. The highest BCUT2D eigenvalue weighted by Crippen LogP contribution is 2.18. The van der Waals surface area contributed by atoms with E-state index in [0.29, 0.717) is 13.0 Å². The summed E-state index contributed by atoms with van der Waals surface area (Å²) in [5.74, 6) is -0.355. The summed E-state index contributed by atoms with van der Waals surface area (Å²) in [4.78, 5) is 11.6. The van der Waals surface area contributed by atoms with E-state index in [9.17, 15) is 4.79 Å². The number of carbonyl (C=O) groups excluding carboxylic acids is 1. The minimum Gasteiger partial charge on any atom is -0.460 e. The van der Waals surface area contributed by atoms with Gasteiger partial charge in [0.05, 0.1) is 5.92 Å². The van der Waals surface area contributed by atoms with Crippen LogP contribution in [0.25, 0.3) is 0 Å². The Kier molecular flexibility index (Phi) is 5.19. The van der Waals surface area contributed by atoms with E-state index in [0.717, 1.165) is 5.56 Å². The highest BCUT2D eigenvalue weighted by molar-refractivity contribution is 5.85. The number of hydrogen-bond acceptors (Lipinski definition) is 3. The van der Waals surface area contributed by atoms with Crippen molar-refractivity contribution in [2.24, 2.45) is 11.7 Å². The van der Waals surface area contributed by atoms with Crippen molar-refractivity contribution in [1.29, 1.82) is 0 Å². The van der Waals surface area contributed by atoms with E-state index in [1.807, 2.05) is 42.5 Å². The molecule has 0 aromatic heterocycles. The quantitative estimate of drug-likeness (QED) is 0.663. The lowest BCUT2D eigenvalue weighted by atomic mass is 10.1. The van der Waals surface area contributed by atoms with Gasteiger partial charge in [-0.25, -0.2) is 0 Å². The first-order valence-electron chi connectivity index (χ1n) is 5.40. The van der Waals surface area contributed by atoms with Crippen LogP contribution in [0.3, 0.4) is 0 Å². The van der Waals surface area contributed by atoms with E-state index < -0.39 is 0 Å². The lowest BCUT2D eigenvalue weighted by Gasteiger charge is -2.09. The molecular formula is C13H16ClNO2. The number of benzene rings is 1. The molecule has 0 aliphatic heterocycles. The largest absolute Gasteiger partial charge is 0.460 e. The van der Waals surface area contributed by atoms with Gasteiger partial charge in [0.25, 0.3) is 0 Å². The molecule has 0 saturated carbocycles. The molecule has 92 valence electrons. The summed E-state index contributed by atoms with van der Waals surface area (Å²) in [7, 11) is 0. The van der Waals surface area contributed by atoms with Gasteiger partial charge >= 0.3 is 5.97 Å². The number of carbonyl (C=O) groups is 1. The van der Waals surface area contributed by atoms with Crippen LogP contribution in [-0.4, -0.2) is 12.0 Å². The summed E-state index contributed by atoms with van der Waals surface area (Å²) in [5.41, 5.74) is 6.68. The van der Waals surface area contributed by atoms with Crippen molar-refractivity contribution in [3.8, 4) is 0 Å². The van der Waals surface area contributed by atoms with Gasteiger partial charge in [-0.3, -0.25) is 4.79 Å². The number of ether oxygens (including phenoxy) is 1. The predicted octanol–water partition coefficient (Wildman–Crippen LogP) is 2.05. The fourth-order valence-electron chi connectivity index (χ4n) is 1.74. The monoisotopic (exact) mass is 253 g/mol. The molecule has 2 atom stereocenters. The van der Waals surface area contributed by atoms with E-state index in [4.69, 9.17) is 10.5 Å². The van der Waals surface area contributed by atoms with Crippen LogP contribution >= 0.6 is 12.4 Å². The predicted molar refractivity (Wildman–Crippen MR) is 68.7 cm³/mol. The van der Waals surface area contributed by atoms with Gasteiger partial charge in [0, 0.05) is 6.04 Å². The van der Waals surface area contributed by atoms with E-state index in [1.165, 1.54) is 0 Å². The molecule has 1 aliphatic rings. The molecule has 0 heterocycles. The van der Waals surface area contributed by atoms with Crippen molar-refractivity contribution >= 4 is 18.4 Å². The van der Waals surface area contributed by atoms with Gasteiger partial charge in [-0.05, 0) is 12.0 Å². The van der Waals surface area contributed by atoms with Gasteiger partial charge in [0.2, 0.25) is 0 Å². The Bertz CT molecular complexity index is 392. The Morgan fingerprint density at radius 2 is 2.00 bits per heavy atom. The lowest BCUT2D eigenvalue weighted by Crippen LogP contribution is -2.20. The van der Waals surface area contributed by atoms with E-state index in [-0.39, 0.29) is 30.3 Å². The van der Waals surface area contributed by atoms with Crippen molar-refractivity contribution in [1.82, 2.24) is 0 Å². The number of rotatable bonds is 3. The van der Waals surface area contributed by atoms with Crippen LogP contribution in [0.4, 0.5) is 0 Å². The van der Waals surface area contributed by atoms with Crippen LogP contribution in [0.15, 0.2) is 42.5 Å². The molecule has 17 heavy (non-hydrogen) atoms. The highest BCUT2D eigenvalue weighted by atomic mass is 35.5. The first-order valence-corrected chi connectivity index (χ1v) is 5.40. The molecule has 1 aromatic carbocycles. The Morgan fingerprint density at radius 1 is 1.29 bits per heavy atom. The molecule has 4 heteroatoms. The van der Waals surface area contributed by atoms with Crippen LogP contribution in [0.2, 0.25) is 0 Å². The molecule has 0 spiro atoms. The summed E-state index contributed by atoms with van der Waals surface area (Å²) >= 11 is 0. The second-order valence-corrected chi connectivity index (χ2v) is 3.98. The maximum absolute atomic E-state index is 11.6. The molecule has 3 nitrogen and oxygen atoms in total. The third kappa shape index (κ3) is 3.88. The Balaban J connectivity index is 0.00000144. The summed E-state index contributed by atoms with van der Waals surface area (Å²) < 4.78 is 5.21.